The lowest BCUT2D eigenvalue weighted by atomic mass is 10.0. The number of thiophene rings is 1. The predicted octanol–water partition coefficient (Wildman–Crippen LogP) is 2.26. The molecule has 2 aromatic rings. The lowest BCUT2D eigenvalue weighted by molar-refractivity contribution is 0.0602. The number of fused-ring (bicyclic) bond motifs is 1. The Bertz CT molecular complexity index is 858. The van der Waals surface area contributed by atoms with E-state index in [9.17, 15) is 13.2 Å². The second-order valence-corrected chi connectivity index (χ2v) is 7.88. The zero-order chi connectivity index (χ0) is 16.6. The van der Waals surface area contributed by atoms with E-state index in [1.165, 1.54) is 17.5 Å². The Labute approximate surface area is 138 Å². The van der Waals surface area contributed by atoms with Crippen molar-refractivity contribution in [2.75, 3.05) is 23.7 Å². The van der Waals surface area contributed by atoms with Crippen LogP contribution in [0, 0.1) is 0 Å². The first-order valence-corrected chi connectivity index (χ1v) is 9.34. The van der Waals surface area contributed by atoms with Crippen LogP contribution in [0.4, 0.5) is 11.4 Å². The summed E-state index contributed by atoms with van der Waals surface area (Å²) in [4.78, 5) is 11.9. The van der Waals surface area contributed by atoms with Gasteiger partial charge >= 0.3 is 5.97 Å². The summed E-state index contributed by atoms with van der Waals surface area (Å²) in [5, 5.41) is 1.57. The molecule has 1 aliphatic heterocycles. The van der Waals surface area contributed by atoms with Gasteiger partial charge in [0.15, 0.2) is 0 Å². The van der Waals surface area contributed by atoms with E-state index in [1.54, 1.807) is 23.6 Å². The van der Waals surface area contributed by atoms with E-state index in [1.807, 2.05) is 0 Å². The van der Waals surface area contributed by atoms with Gasteiger partial charge in [0, 0.05) is 12.2 Å². The van der Waals surface area contributed by atoms with Crippen LogP contribution in [-0.4, -0.2) is 28.0 Å². The number of carbonyl (C=O) groups is 1. The molecule has 0 saturated carbocycles. The third kappa shape index (κ3) is 2.57. The van der Waals surface area contributed by atoms with Gasteiger partial charge in [0.25, 0.3) is 10.0 Å². The fourth-order valence-electron chi connectivity index (χ4n) is 2.73. The van der Waals surface area contributed by atoms with Crippen LogP contribution in [0.15, 0.2) is 34.5 Å². The van der Waals surface area contributed by atoms with Crippen LogP contribution in [-0.2, 0) is 21.2 Å². The van der Waals surface area contributed by atoms with E-state index >= 15 is 0 Å². The Morgan fingerprint density at radius 3 is 2.87 bits per heavy atom. The van der Waals surface area contributed by atoms with Crippen molar-refractivity contribution in [3.8, 4) is 0 Å². The number of ether oxygens (including phenoxy) is 1. The summed E-state index contributed by atoms with van der Waals surface area (Å²) in [6.45, 7) is 0.356. The Balaban J connectivity index is 2.11. The molecular formula is C15H16N2O4S2. The van der Waals surface area contributed by atoms with Crippen molar-refractivity contribution < 1.29 is 17.9 Å². The highest BCUT2D eigenvalue weighted by atomic mass is 32.2. The summed E-state index contributed by atoms with van der Waals surface area (Å²) in [5.74, 6) is -0.650. The number of rotatable bonds is 3. The smallest absolute Gasteiger partial charge is 0.349 e. The van der Waals surface area contributed by atoms with E-state index in [4.69, 9.17) is 5.73 Å². The van der Waals surface area contributed by atoms with Crippen LogP contribution in [0.3, 0.4) is 0 Å². The molecule has 2 N–H and O–H groups in total. The fourth-order valence-corrected chi connectivity index (χ4v) is 5.57. The molecule has 0 bridgehead atoms. The van der Waals surface area contributed by atoms with Crippen molar-refractivity contribution in [3.05, 3.63) is 40.1 Å². The highest BCUT2D eigenvalue weighted by Crippen LogP contribution is 2.36. The molecule has 0 atom stereocenters. The molecule has 1 aromatic heterocycles. The van der Waals surface area contributed by atoms with Gasteiger partial charge in [0.2, 0.25) is 0 Å². The highest BCUT2D eigenvalue weighted by molar-refractivity contribution is 7.93. The molecule has 0 amide bonds. The lowest BCUT2D eigenvalue weighted by Crippen LogP contribution is -2.36. The Morgan fingerprint density at radius 2 is 2.13 bits per heavy atom. The van der Waals surface area contributed by atoms with E-state index in [-0.39, 0.29) is 9.77 Å². The van der Waals surface area contributed by atoms with Crippen molar-refractivity contribution in [3.63, 3.8) is 0 Å². The number of anilines is 2. The first-order chi connectivity index (χ1) is 11.0. The fraction of sp³-hybridized carbons (Fsp3) is 0.267. The van der Waals surface area contributed by atoms with E-state index in [0.29, 0.717) is 24.3 Å². The van der Waals surface area contributed by atoms with Crippen molar-refractivity contribution >= 4 is 38.7 Å². The van der Waals surface area contributed by atoms with E-state index in [0.717, 1.165) is 23.3 Å². The average molecular weight is 352 g/mol. The summed E-state index contributed by atoms with van der Waals surface area (Å²) < 4.78 is 32.1. The topological polar surface area (TPSA) is 89.7 Å². The van der Waals surface area contributed by atoms with Crippen LogP contribution in [0.25, 0.3) is 0 Å². The molecule has 0 spiro atoms. The number of hydrogen-bond acceptors (Lipinski definition) is 6. The molecule has 1 aliphatic rings. The number of nitrogens with two attached hydrogens (primary N) is 1. The molecule has 0 unspecified atom stereocenters. The van der Waals surface area contributed by atoms with Gasteiger partial charge in [-0.15, -0.1) is 11.3 Å². The Hall–Kier alpha value is -2.06. The van der Waals surface area contributed by atoms with Crippen molar-refractivity contribution in [1.29, 1.82) is 0 Å². The van der Waals surface area contributed by atoms with Gasteiger partial charge in [-0.25, -0.2) is 13.2 Å². The number of benzene rings is 1. The second-order valence-electron chi connectivity index (χ2n) is 5.13. The van der Waals surface area contributed by atoms with E-state index < -0.39 is 16.0 Å². The highest BCUT2D eigenvalue weighted by Gasteiger charge is 2.33. The molecule has 2 heterocycles. The number of hydrogen-bond donors (Lipinski definition) is 1. The molecule has 0 fully saturated rings. The van der Waals surface area contributed by atoms with Gasteiger partial charge in [0.1, 0.15) is 9.77 Å². The first kappa shape index (κ1) is 15.8. The van der Waals surface area contributed by atoms with Crippen LogP contribution in [0.2, 0.25) is 0 Å². The molecule has 8 heteroatoms. The standard InChI is InChI=1S/C15H16N2O4S2/c1-21-15(18)14-13(7-9-22-14)23(19,20)17-8-3-4-10-11(16)5-2-6-12(10)17/h2,5-7,9H,3-4,8,16H2,1H3. The summed E-state index contributed by atoms with van der Waals surface area (Å²) in [7, 11) is -2.62. The normalized spacial score (nSPS) is 14.4. The number of methoxy groups -OCH3 is 1. The zero-order valence-electron chi connectivity index (χ0n) is 12.5. The van der Waals surface area contributed by atoms with Gasteiger partial charge < -0.3 is 10.5 Å². The third-order valence-electron chi connectivity index (χ3n) is 3.81. The van der Waals surface area contributed by atoms with Crippen LogP contribution < -0.4 is 10.0 Å². The maximum Gasteiger partial charge on any atom is 0.349 e. The number of sulfonamides is 1. The SMILES string of the molecule is COC(=O)c1sccc1S(=O)(=O)N1CCCc2c(N)cccc21. The average Bonchev–Trinajstić information content (AvgIpc) is 3.04. The molecule has 6 nitrogen and oxygen atoms in total. The minimum Gasteiger partial charge on any atom is -0.465 e. The summed E-state index contributed by atoms with van der Waals surface area (Å²) in [5.41, 5.74) is 7.97. The molecule has 23 heavy (non-hydrogen) atoms. The molecular weight excluding hydrogens is 336 g/mol. The molecule has 0 radical (unpaired) electrons. The summed E-state index contributed by atoms with van der Waals surface area (Å²) in [6, 6.07) is 6.68. The number of esters is 1. The van der Waals surface area contributed by atoms with Gasteiger partial charge in [0.05, 0.1) is 12.8 Å². The van der Waals surface area contributed by atoms with E-state index in [2.05, 4.69) is 4.74 Å². The Kier molecular flexibility index (Phi) is 4.03. The maximum atomic E-state index is 13.0. The molecule has 0 saturated heterocycles. The first-order valence-electron chi connectivity index (χ1n) is 7.02. The second kappa shape index (κ2) is 5.86. The Morgan fingerprint density at radius 1 is 1.35 bits per heavy atom. The molecule has 3 rings (SSSR count). The van der Waals surface area contributed by atoms with Crippen molar-refractivity contribution in [2.24, 2.45) is 0 Å². The van der Waals surface area contributed by atoms with Gasteiger partial charge in [-0.3, -0.25) is 4.31 Å². The van der Waals surface area contributed by atoms with Crippen LogP contribution in [0.5, 0.6) is 0 Å². The van der Waals surface area contributed by atoms with Crippen molar-refractivity contribution in [1.82, 2.24) is 0 Å². The largest absolute Gasteiger partial charge is 0.465 e. The summed E-state index contributed by atoms with van der Waals surface area (Å²) >= 11 is 1.05. The van der Waals surface area contributed by atoms with Crippen LogP contribution >= 0.6 is 11.3 Å². The van der Waals surface area contributed by atoms with Gasteiger partial charge in [-0.1, -0.05) is 6.07 Å². The zero-order valence-corrected chi connectivity index (χ0v) is 14.1. The van der Waals surface area contributed by atoms with Gasteiger partial charge in [-0.2, -0.15) is 0 Å². The third-order valence-corrected chi connectivity index (χ3v) is 6.69. The number of nitrogens with zero attached hydrogens (tertiary/aromatic N) is 1. The number of nitrogen functional groups attached to an aromatic ring is 1. The number of carbonyl (C=O) groups excluding carboxylic acids is 1. The van der Waals surface area contributed by atoms with Crippen molar-refractivity contribution in [2.45, 2.75) is 17.7 Å². The summed E-state index contributed by atoms with van der Waals surface area (Å²) in [6.07, 6.45) is 1.42. The van der Waals surface area contributed by atoms with Crippen LogP contribution in [0.1, 0.15) is 21.7 Å². The lowest BCUT2D eigenvalue weighted by Gasteiger charge is -2.31. The minimum atomic E-state index is -3.85. The maximum absolute atomic E-state index is 13.0. The minimum absolute atomic E-state index is 0.0235. The molecule has 0 aliphatic carbocycles. The van der Waals surface area contributed by atoms with Gasteiger partial charge in [-0.05, 0) is 42.0 Å². The monoisotopic (exact) mass is 352 g/mol. The molecule has 122 valence electrons. The predicted molar refractivity (Wildman–Crippen MR) is 89.4 cm³/mol. The molecule has 1 aromatic carbocycles. The quantitative estimate of drug-likeness (QED) is 0.676.